The molecule has 6 heteroatoms. The zero-order valence-electron chi connectivity index (χ0n) is 11.0. The topological polar surface area (TPSA) is 62.5 Å². The Kier molecular flexibility index (Phi) is 3.53. The molecule has 1 aliphatic rings. The third-order valence-corrected chi connectivity index (χ3v) is 5.63. The van der Waals surface area contributed by atoms with E-state index >= 15 is 0 Å². The fourth-order valence-corrected chi connectivity index (χ4v) is 4.03. The van der Waals surface area contributed by atoms with Crippen molar-refractivity contribution < 1.29 is 13.5 Å². The van der Waals surface area contributed by atoms with Gasteiger partial charge in [0.25, 0.3) is 0 Å². The van der Waals surface area contributed by atoms with E-state index in [-0.39, 0.29) is 11.5 Å². The molecule has 0 amide bonds. The van der Waals surface area contributed by atoms with Gasteiger partial charge in [0.15, 0.2) is 0 Å². The Balaban J connectivity index is 2.31. The Morgan fingerprint density at radius 2 is 1.89 bits per heavy atom. The van der Waals surface area contributed by atoms with Crippen molar-refractivity contribution in [2.45, 2.75) is 25.3 Å². The van der Waals surface area contributed by atoms with Gasteiger partial charge < -0.3 is 9.67 Å². The molecule has 1 N–H and O–H groups in total. The Labute approximate surface area is 108 Å². The summed E-state index contributed by atoms with van der Waals surface area (Å²) >= 11 is 0. The second-order valence-electron chi connectivity index (χ2n) is 5.21. The number of hydrogen-bond donors (Lipinski definition) is 1. The fraction of sp³-hybridized carbons (Fsp3) is 0.667. The molecule has 1 aromatic heterocycles. The first-order chi connectivity index (χ1) is 8.36. The maximum absolute atomic E-state index is 12.4. The summed E-state index contributed by atoms with van der Waals surface area (Å²) in [6, 6.07) is 1.54. The number of rotatable bonds is 3. The van der Waals surface area contributed by atoms with Gasteiger partial charge in [-0.15, -0.1) is 0 Å². The maximum Gasteiger partial charge on any atom is 0.244 e. The van der Waals surface area contributed by atoms with Gasteiger partial charge in [0.2, 0.25) is 10.0 Å². The van der Waals surface area contributed by atoms with E-state index in [4.69, 9.17) is 5.11 Å². The first-order valence-electron chi connectivity index (χ1n) is 6.12. The number of sulfonamides is 1. The molecule has 1 saturated heterocycles. The maximum atomic E-state index is 12.4. The molecule has 2 atom stereocenters. The van der Waals surface area contributed by atoms with Crippen LogP contribution in [0.3, 0.4) is 0 Å². The molecule has 0 bridgehead atoms. The van der Waals surface area contributed by atoms with Gasteiger partial charge >= 0.3 is 0 Å². The van der Waals surface area contributed by atoms with Crippen molar-refractivity contribution in [1.82, 2.24) is 8.87 Å². The van der Waals surface area contributed by atoms with Crippen LogP contribution in [0.4, 0.5) is 0 Å². The number of aryl methyl sites for hydroxylation is 1. The summed E-state index contributed by atoms with van der Waals surface area (Å²) in [6.45, 7) is 5.15. The molecule has 0 spiro atoms. The van der Waals surface area contributed by atoms with E-state index in [1.165, 1.54) is 0 Å². The second-order valence-corrected chi connectivity index (χ2v) is 7.15. The Morgan fingerprint density at radius 3 is 2.33 bits per heavy atom. The number of aromatic nitrogens is 1. The molecule has 0 saturated carbocycles. The minimum Gasteiger partial charge on any atom is -0.390 e. The van der Waals surface area contributed by atoms with Gasteiger partial charge in [-0.2, -0.15) is 4.31 Å². The van der Waals surface area contributed by atoms with Crippen LogP contribution >= 0.6 is 0 Å². The summed E-state index contributed by atoms with van der Waals surface area (Å²) in [5.74, 6) is 0.779. The normalized spacial score (nSPS) is 25.8. The van der Waals surface area contributed by atoms with Crippen molar-refractivity contribution in [3.05, 3.63) is 18.0 Å². The molecule has 1 aliphatic heterocycles. The van der Waals surface area contributed by atoms with Crippen LogP contribution in [-0.4, -0.2) is 35.5 Å². The van der Waals surface area contributed by atoms with Gasteiger partial charge in [-0.25, -0.2) is 8.42 Å². The van der Waals surface area contributed by atoms with Crippen LogP contribution in [0.15, 0.2) is 17.2 Å². The summed E-state index contributed by atoms with van der Waals surface area (Å²) in [4.78, 5) is 0.273. The van der Waals surface area contributed by atoms with Crippen LogP contribution in [0.25, 0.3) is 0 Å². The van der Waals surface area contributed by atoms with E-state index in [0.717, 1.165) is 0 Å². The van der Waals surface area contributed by atoms with E-state index < -0.39 is 10.0 Å². The molecule has 0 radical (unpaired) electrons. The van der Waals surface area contributed by atoms with E-state index in [2.05, 4.69) is 13.8 Å². The molecular weight excluding hydrogens is 252 g/mol. The molecule has 1 fully saturated rings. The molecule has 2 heterocycles. The summed E-state index contributed by atoms with van der Waals surface area (Å²) in [5, 5.41) is 9.12. The van der Waals surface area contributed by atoms with E-state index in [9.17, 15) is 8.42 Å². The standard InChI is InChI=1S/C12H20N2O3S/c1-9-5-14(6-10(9)2)18(16,17)12-4-11(8-15)13(3)7-12/h4,7,9-10,15H,5-6,8H2,1-3H3. The lowest BCUT2D eigenvalue weighted by atomic mass is 10.0. The number of hydrogen-bond acceptors (Lipinski definition) is 3. The highest BCUT2D eigenvalue weighted by atomic mass is 32.2. The average Bonchev–Trinajstić information content (AvgIpc) is 2.84. The van der Waals surface area contributed by atoms with Gasteiger partial charge in [0.1, 0.15) is 4.90 Å². The molecular formula is C12H20N2O3S. The Morgan fingerprint density at radius 1 is 1.33 bits per heavy atom. The predicted molar refractivity (Wildman–Crippen MR) is 68.4 cm³/mol. The smallest absolute Gasteiger partial charge is 0.244 e. The zero-order valence-corrected chi connectivity index (χ0v) is 11.8. The fourth-order valence-electron chi connectivity index (χ4n) is 2.30. The third kappa shape index (κ3) is 2.20. The van der Waals surface area contributed by atoms with Crippen LogP contribution in [0.1, 0.15) is 19.5 Å². The van der Waals surface area contributed by atoms with Crippen LogP contribution in [0.5, 0.6) is 0 Å². The third-order valence-electron chi connectivity index (χ3n) is 3.84. The predicted octanol–water partition coefficient (Wildman–Crippen LogP) is 0.794. The van der Waals surface area contributed by atoms with Crippen molar-refractivity contribution in [3.63, 3.8) is 0 Å². The van der Waals surface area contributed by atoms with Crippen LogP contribution in [0.2, 0.25) is 0 Å². The SMILES string of the molecule is CC1CN(S(=O)(=O)c2cc(CO)n(C)c2)CC1C. The van der Waals surface area contributed by atoms with Gasteiger partial charge in [0, 0.05) is 32.0 Å². The van der Waals surface area contributed by atoms with Crippen molar-refractivity contribution in [3.8, 4) is 0 Å². The van der Waals surface area contributed by atoms with Crippen molar-refractivity contribution in [1.29, 1.82) is 0 Å². The highest BCUT2D eigenvalue weighted by Crippen LogP contribution is 2.28. The Bertz CT molecular complexity index is 526. The van der Waals surface area contributed by atoms with Crippen molar-refractivity contribution >= 4 is 10.0 Å². The highest BCUT2D eigenvalue weighted by molar-refractivity contribution is 7.89. The highest BCUT2D eigenvalue weighted by Gasteiger charge is 2.35. The molecule has 0 aliphatic carbocycles. The van der Waals surface area contributed by atoms with Crippen LogP contribution in [-0.2, 0) is 23.7 Å². The number of aliphatic hydroxyl groups is 1. The second kappa shape index (κ2) is 4.68. The molecule has 2 unspecified atom stereocenters. The first kappa shape index (κ1) is 13.6. The van der Waals surface area contributed by atoms with Gasteiger partial charge in [-0.3, -0.25) is 0 Å². The summed E-state index contributed by atoms with van der Waals surface area (Å²) in [6.07, 6.45) is 1.56. The molecule has 18 heavy (non-hydrogen) atoms. The lowest BCUT2D eigenvalue weighted by Crippen LogP contribution is -2.28. The summed E-state index contributed by atoms with van der Waals surface area (Å²) in [7, 11) is -1.68. The van der Waals surface area contributed by atoms with E-state index in [1.54, 1.807) is 28.2 Å². The average molecular weight is 272 g/mol. The lowest BCUT2D eigenvalue weighted by Gasteiger charge is -2.14. The lowest BCUT2D eigenvalue weighted by molar-refractivity contribution is 0.272. The van der Waals surface area contributed by atoms with Crippen molar-refractivity contribution in [2.24, 2.45) is 18.9 Å². The molecule has 1 aromatic rings. The van der Waals surface area contributed by atoms with Gasteiger partial charge in [-0.1, -0.05) is 13.8 Å². The largest absolute Gasteiger partial charge is 0.390 e. The number of nitrogens with zero attached hydrogens (tertiary/aromatic N) is 2. The minimum atomic E-state index is -3.41. The van der Waals surface area contributed by atoms with E-state index in [1.807, 2.05) is 0 Å². The Hall–Kier alpha value is -0.850. The monoisotopic (exact) mass is 272 g/mol. The van der Waals surface area contributed by atoms with Gasteiger partial charge in [0.05, 0.1) is 6.61 Å². The van der Waals surface area contributed by atoms with Crippen LogP contribution in [0, 0.1) is 11.8 Å². The van der Waals surface area contributed by atoms with Crippen LogP contribution < -0.4 is 0 Å². The van der Waals surface area contributed by atoms with Gasteiger partial charge in [-0.05, 0) is 17.9 Å². The molecule has 102 valence electrons. The minimum absolute atomic E-state index is 0.154. The molecule has 2 rings (SSSR count). The summed E-state index contributed by atoms with van der Waals surface area (Å²) in [5.41, 5.74) is 0.605. The molecule has 0 aromatic carbocycles. The van der Waals surface area contributed by atoms with E-state index in [0.29, 0.717) is 30.6 Å². The number of aliphatic hydroxyl groups excluding tert-OH is 1. The first-order valence-corrected chi connectivity index (χ1v) is 7.56. The quantitative estimate of drug-likeness (QED) is 0.885. The molecule has 5 nitrogen and oxygen atoms in total. The van der Waals surface area contributed by atoms with Crippen molar-refractivity contribution in [2.75, 3.05) is 13.1 Å². The zero-order chi connectivity index (χ0) is 13.5. The summed E-state index contributed by atoms with van der Waals surface area (Å²) < 4.78 is 28.1.